The van der Waals surface area contributed by atoms with Gasteiger partial charge in [0.15, 0.2) is 0 Å². The van der Waals surface area contributed by atoms with E-state index >= 15 is 0 Å². The molecule has 0 aliphatic rings. The minimum Gasteiger partial charge on any atom is -0.394 e. The number of nitrogens with one attached hydrogen (secondary N) is 1. The highest BCUT2D eigenvalue weighted by atomic mass is 16.6. The van der Waals surface area contributed by atoms with E-state index in [1.165, 1.54) is 4.68 Å². The van der Waals surface area contributed by atoms with E-state index in [-0.39, 0.29) is 18.2 Å². The number of hydrogen-bond donors (Lipinski definition) is 2. The van der Waals surface area contributed by atoms with Gasteiger partial charge in [0, 0.05) is 13.0 Å². The van der Waals surface area contributed by atoms with Crippen molar-refractivity contribution in [1.29, 1.82) is 0 Å². The lowest BCUT2D eigenvalue weighted by atomic mass is 9.94. The summed E-state index contributed by atoms with van der Waals surface area (Å²) in [7, 11) is 1.68. The Morgan fingerprint density at radius 3 is 2.35 bits per heavy atom. The molecule has 20 heavy (non-hydrogen) atoms. The number of aromatic nitrogens is 2. The highest BCUT2D eigenvalue weighted by Gasteiger charge is 2.34. The van der Waals surface area contributed by atoms with Crippen molar-refractivity contribution in [2.45, 2.75) is 52.0 Å². The lowest BCUT2D eigenvalue weighted by Gasteiger charge is -2.31. The van der Waals surface area contributed by atoms with Crippen LogP contribution >= 0.6 is 0 Å². The Morgan fingerprint density at radius 2 is 2.00 bits per heavy atom. The first kappa shape index (κ1) is 16.4. The first-order valence-corrected chi connectivity index (χ1v) is 6.92. The maximum Gasteiger partial charge on any atom is 0.334 e. The Bertz CT molecular complexity index is 470. The third kappa shape index (κ3) is 2.92. The number of aliphatic hydroxyl groups is 1. The van der Waals surface area contributed by atoms with Gasteiger partial charge in [0.2, 0.25) is 5.82 Å². The Morgan fingerprint density at radius 1 is 1.45 bits per heavy atom. The SMILES string of the molecule is CCC(CC)(CO)Nc1c([N+](=O)[O-])c(C(C)C)nn1C. The monoisotopic (exact) mass is 284 g/mol. The van der Waals surface area contributed by atoms with Crippen LogP contribution < -0.4 is 5.32 Å². The van der Waals surface area contributed by atoms with Crippen molar-refractivity contribution in [1.82, 2.24) is 9.78 Å². The molecule has 0 atom stereocenters. The molecule has 7 heteroatoms. The highest BCUT2D eigenvalue weighted by Crippen LogP contribution is 2.35. The number of anilines is 1. The summed E-state index contributed by atoms with van der Waals surface area (Å²) in [6, 6.07) is 0. The number of aliphatic hydroxyl groups excluding tert-OH is 1. The van der Waals surface area contributed by atoms with E-state index in [9.17, 15) is 15.2 Å². The van der Waals surface area contributed by atoms with Gasteiger partial charge in [0.05, 0.1) is 17.1 Å². The van der Waals surface area contributed by atoms with E-state index < -0.39 is 10.5 Å². The van der Waals surface area contributed by atoms with Crippen molar-refractivity contribution in [3.05, 3.63) is 15.8 Å². The van der Waals surface area contributed by atoms with Gasteiger partial charge in [-0.2, -0.15) is 5.10 Å². The molecule has 0 saturated carbocycles. The summed E-state index contributed by atoms with van der Waals surface area (Å²) < 4.78 is 1.49. The van der Waals surface area contributed by atoms with Gasteiger partial charge in [0.1, 0.15) is 5.69 Å². The third-order valence-electron chi connectivity index (χ3n) is 3.82. The molecule has 0 bridgehead atoms. The van der Waals surface area contributed by atoms with E-state index in [1.54, 1.807) is 7.05 Å². The van der Waals surface area contributed by atoms with Crippen molar-refractivity contribution in [3.8, 4) is 0 Å². The first-order chi connectivity index (χ1) is 9.31. The van der Waals surface area contributed by atoms with Crippen LogP contribution in [0.1, 0.15) is 52.1 Å². The maximum absolute atomic E-state index is 11.4. The normalized spacial score (nSPS) is 11.9. The minimum atomic E-state index is -0.563. The molecule has 0 aliphatic carbocycles. The number of aryl methyl sites for hydroxylation is 1. The molecule has 0 unspecified atom stereocenters. The zero-order valence-corrected chi connectivity index (χ0v) is 12.8. The van der Waals surface area contributed by atoms with E-state index in [1.807, 2.05) is 27.7 Å². The van der Waals surface area contributed by atoms with E-state index in [4.69, 9.17) is 0 Å². The van der Waals surface area contributed by atoms with Gasteiger partial charge in [-0.05, 0) is 12.8 Å². The number of nitrogens with zero attached hydrogens (tertiary/aromatic N) is 3. The fourth-order valence-electron chi connectivity index (χ4n) is 2.18. The van der Waals surface area contributed by atoms with E-state index in [0.717, 1.165) is 0 Å². The van der Waals surface area contributed by atoms with Crippen molar-refractivity contribution in [2.75, 3.05) is 11.9 Å². The van der Waals surface area contributed by atoms with Crippen LogP contribution in [0.3, 0.4) is 0 Å². The van der Waals surface area contributed by atoms with Gasteiger partial charge in [-0.15, -0.1) is 0 Å². The molecule has 1 rings (SSSR count). The average Bonchev–Trinajstić information content (AvgIpc) is 2.73. The first-order valence-electron chi connectivity index (χ1n) is 6.92. The van der Waals surface area contributed by atoms with Crippen LogP contribution in [0.4, 0.5) is 11.5 Å². The smallest absolute Gasteiger partial charge is 0.334 e. The van der Waals surface area contributed by atoms with Crippen LogP contribution in [0.5, 0.6) is 0 Å². The molecule has 0 spiro atoms. The molecule has 0 aromatic carbocycles. The molecule has 0 aliphatic heterocycles. The molecule has 0 fully saturated rings. The molecular formula is C13H24N4O3. The van der Waals surface area contributed by atoms with Crippen molar-refractivity contribution in [3.63, 3.8) is 0 Å². The molecule has 0 saturated heterocycles. The van der Waals surface area contributed by atoms with Crippen LogP contribution in [0.2, 0.25) is 0 Å². The summed E-state index contributed by atoms with van der Waals surface area (Å²) in [5, 5.41) is 28.4. The predicted molar refractivity (Wildman–Crippen MR) is 78.0 cm³/mol. The second-order valence-corrected chi connectivity index (χ2v) is 5.39. The molecular weight excluding hydrogens is 260 g/mol. The van der Waals surface area contributed by atoms with Crippen LogP contribution in [0, 0.1) is 10.1 Å². The second kappa shape index (κ2) is 6.21. The summed E-state index contributed by atoms with van der Waals surface area (Å²) in [5.41, 5.74) is -0.103. The minimum absolute atomic E-state index is 0.00206. The maximum atomic E-state index is 11.4. The van der Waals surface area contributed by atoms with Crippen LogP contribution in [0.25, 0.3) is 0 Å². The summed E-state index contributed by atoms with van der Waals surface area (Å²) >= 11 is 0. The number of hydrogen-bond acceptors (Lipinski definition) is 5. The topological polar surface area (TPSA) is 93.2 Å². The Hall–Kier alpha value is -1.63. The Kier molecular flexibility index (Phi) is 5.10. The fraction of sp³-hybridized carbons (Fsp3) is 0.769. The standard InChI is InChI=1S/C13H24N4O3/c1-6-13(7-2,8-18)14-12-11(17(19)20)10(9(3)4)15-16(12)5/h9,14,18H,6-8H2,1-5H3. The summed E-state index contributed by atoms with van der Waals surface area (Å²) in [5.74, 6) is 0.320. The third-order valence-corrected chi connectivity index (χ3v) is 3.82. The second-order valence-electron chi connectivity index (χ2n) is 5.39. The Labute approximate surface area is 119 Å². The highest BCUT2D eigenvalue weighted by molar-refractivity contribution is 5.61. The van der Waals surface area contributed by atoms with Crippen LogP contribution in [0.15, 0.2) is 0 Å². The molecule has 1 aromatic rings. The molecule has 7 nitrogen and oxygen atoms in total. The summed E-state index contributed by atoms with van der Waals surface area (Å²) in [4.78, 5) is 11.0. The van der Waals surface area contributed by atoms with Crippen molar-refractivity contribution in [2.24, 2.45) is 7.05 Å². The molecule has 2 N–H and O–H groups in total. The number of nitro groups is 1. The van der Waals surface area contributed by atoms with Crippen LogP contribution in [-0.2, 0) is 7.05 Å². The van der Waals surface area contributed by atoms with Crippen LogP contribution in [-0.4, -0.2) is 32.0 Å². The lowest BCUT2D eigenvalue weighted by Crippen LogP contribution is -2.41. The van der Waals surface area contributed by atoms with E-state index in [0.29, 0.717) is 24.4 Å². The lowest BCUT2D eigenvalue weighted by molar-refractivity contribution is -0.384. The van der Waals surface area contributed by atoms with Gasteiger partial charge in [0.25, 0.3) is 0 Å². The quantitative estimate of drug-likeness (QED) is 0.592. The molecule has 0 amide bonds. The molecule has 0 radical (unpaired) electrons. The van der Waals surface area contributed by atoms with Gasteiger partial charge in [-0.25, -0.2) is 4.68 Å². The molecule has 1 heterocycles. The van der Waals surface area contributed by atoms with Gasteiger partial charge >= 0.3 is 5.69 Å². The molecule has 1 aromatic heterocycles. The van der Waals surface area contributed by atoms with E-state index in [2.05, 4.69) is 10.4 Å². The average molecular weight is 284 g/mol. The largest absolute Gasteiger partial charge is 0.394 e. The fourth-order valence-corrected chi connectivity index (χ4v) is 2.18. The molecule has 114 valence electrons. The van der Waals surface area contributed by atoms with Crippen molar-refractivity contribution < 1.29 is 10.0 Å². The van der Waals surface area contributed by atoms with Crippen molar-refractivity contribution >= 4 is 11.5 Å². The zero-order valence-electron chi connectivity index (χ0n) is 12.8. The Balaban J connectivity index is 3.34. The summed E-state index contributed by atoms with van der Waals surface area (Å²) in [6.07, 6.45) is 1.33. The van der Waals surface area contributed by atoms with Gasteiger partial charge in [-0.1, -0.05) is 27.7 Å². The summed E-state index contributed by atoms with van der Waals surface area (Å²) in [6.45, 7) is 7.55. The van der Waals surface area contributed by atoms with Gasteiger partial charge < -0.3 is 10.4 Å². The van der Waals surface area contributed by atoms with Gasteiger partial charge in [-0.3, -0.25) is 10.1 Å². The zero-order chi connectivity index (χ0) is 15.5. The predicted octanol–water partition coefficient (Wildman–Crippen LogP) is 2.41. The number of rotatable bonds is 7.